The second-order valence-electron chi connectivity index (χ2n) is 7.09. The van der Waals surface area contributed by atoms with E-state index in [9.17, 15) is 9.18 Å². The highest BCUT2D eigenvalue weighted by atomic mass is 32.2. The van der Waals surface area contributed by atoms with Crippen LogP contribution < -0.4 is 4.74 Å². The van der Waals surface area contributed by atoms with E-state index in [0.29, 0.717) is 23.2 Å². The van der Waals surface area contributed by atoms with Gasteiger partial charge in [0.15, 0.2) is 16.8 Å². The highest BCUT2D eigenvalue weighted by Gasteiger charge is 2.18. The molecule has 5 nitrogen and oxygen atoms in total. The maximum absolute atomic E-state index is 13.0. The fourth-order valence-electron chi connectivity index (χ4n) is 3.04. The van der Waals surface area contributed by atoms with Gasteiger partial charge in [-0.3, -0.25) is 4.79 Å². The Labute approximate surface area is 174 Å². The molecule has 1 heterocycles. The van der Waals surface area contributed by atoms with Crippen LogP contribution in [0.1, 0.15) is 47.2 Å². The van der Waals surface area contributed by atoms with Crippen molar-refractivity contribution in [2.24, 2.45) is 0 Å². The van der Waals surface area contributed by atoms with E-state index >= 15 is 0 Å². The molecular weight excluding hydrogens is 389 g/mol. The van der Waals surface area contributed by atoms with Gasteiger partial charge < -0.3 is 9.30 Å². The molecule has 0 aliphatic heterocycles. The number of para-hydroxylation sites is 1. The zero-order chi connectivity index (χ0) is 21.0. The Morgan fingerprint density at radius 1 is 1.10 bits per heavy atom. The SMILES string of the molecule is Cc1cccc(C)c1OCc1nnc(SCC(=O)c2ccc(F)cc2)n1C(C)C. The first-order valence-corrected chi connectivity index (χ1v) is 10.4. The predicted octanol–water partition coefficient (Wildman–Crippen LogP) is 5.17. The van der Waals surface area contributed by atoms with Gasteiger partial charge in [0.05, 0.1) is 5.75 Å². The Hall–Kier alpha value is -2.67. The van der Waals surface area contributed by atoms with Crippen molar-refractivity contribution in [3.63, 3.8) is 0 Å². The number of rotatable bonds is 8. The molecule has 0 fully saturated rings. The highest BCUT2D eigenvalue weighted by Crippen LogP contribution is 2.26. The Bertz CT molecular complexity index is 980. The van der Waals surface area contributed by atoms with Gasteiger partial charge in [0.2, 0.25) is 0 Å². The van der Waals surface area contributed by atoms with Crippen LogP contribution in [0, 0.1) is 19.7 Å². The largest absolute Gasteiger partial charge is 0.485 e. The Kier molecular flexibility index (Phi) is 6.69. The average molecular weight is 414 g/mol. The summed E-state index contributed by atoms with van der Waals surface area (Å²) in [5.74, 6) is 1.32. The summed E-state index contributed by atoms with van der Waals surface area (Å²) in [5.41, 5.74) is 2.62. The van der Waals surface area contributed by atoms with Crippen LogP contribution >= 0.6 is 11.8 Å². The van der Waals surface area contributed by atoms with Gasteiger partial charge in [0, 0.05) is 11.6 Å². The summed E-state index contributed by atoms with van der Waals surface area (Å²) in [6.07, 6.45) is 0. The molecule has 0 aliphatic carbocycles. The summed E-state index contributed by atoms with van der Waals surface area (Å²) in [6, 6.07) is 11.7. The number of hydrogen-bond acceptors (Lipinski definition) is 5. The normalized spacial score (nSPS) is 11.1. The number of nitrogens with zero attached hydrogens (tertiary/aromatic N) is 3. The average Bonchev–Trinajstić information content (AvgIpc) is 3.09. The van der Waals surface area contributed by atoms with Crippen molar-refractivity contribution in [2.75, 3.05) is 5.75 Å². The molecule has 7 heteroatoms. The predicted molar refractivity (Wildman–Crippen MR) is 112 cm³/mol. The molecule has 3 aromatic rings. The van der Waals surface area contributed by atoms with Gasteiger partial charge in [0.25, 0.3) is 0 Å². The third-order valence-corrected chi connectivity index (χ3v) is 5.45. The van der Waals surface area contributed by atoms with Gasteiger partial charge in [-0.2, -0.15) is 0 Å². The third-order valence-electron chi connectivity index (χ3n) is 4.50. The quantitative estimate of drug-likeness (QED) is 0.377. The van der Waals surface area contributed by atoms with Crippen LogP contribution in [-0.2, 0) is 6.61 Å². The molecular formula is C22H24FN3O2S. The third kappa shape index (κ3) is 5.03. The maximum Gasteiger partial charge on any atom is 0.192 e. The molecule has 0 radical (unpaired) electrons. The van der Waals surface area contributed by atoms with Gasteiger partial charge in [-0.15, -0.1) is 10.2 Å². The Morgan fingerprint density at radius 3 is 2.38 bits per heavy atom. The van der Waals surface area contributed by atoms with Gasteiger partial charge in [-0.25, -0.2) is 4.39 Å². The van der Waals surface area contributed by atoms with E-state index in [1.807, 2.05) is 50.5 Å². The molecule has 0 saturated carbocycles. The Morgan fingerprint density at radius 2 is 1.76 bits per heavy atom. The van der Waals surface area contributed by atoms with Crippen molar-refractivity contribution < 1.29 is 13.9 Å². The number of halogens is 1. The molecule has 0 aliphatic rings. The van der Waals surface area contributed by atoms with Crippen LogP contribution in [0.15, 0.2) is 47.6 Å². The lowest BCUT2D eigenvalue weighted by Gasteiger charge is -2.15. The monoisotopic (exact) mass is 413 g/mol. The fraction of sp³-hybridized carbons (Fsp3) is 0.318. The van der Waals surface area contributed by atoms with Crippen molar-refractivity contribution >= 4 is 17.5 Å². The minimum Gasteiger partial charge on any atom is -0.485 e. The first-order chi connectivity index (χ1) is 13.9. The minimum absolute atomic E-state index is 0.0818. The first-order valence-electron chi connectivity index (χ1n) is 9.41. The van der Waals surface area contributed by atoms with Gasteiger partial charge in [0.1, 0.15) is 18.2 Å². The van der Waals surface area contributed by atoms with E-state index < -0.39 is 0 Å². The number of aromatic nitrogens is 3. The van der Waals surface area contributed by atoms with Crippen LogP contribution in [0.2, 0.25) is 0 Å². The second kappa shape index (κ2) is 9.22. The van der Waals surface area contributed by atoms with Crippen LogP contribution in [0.5, 0.6) is 5.75 Å². The number of ether oxygens (including phenoxy) is 1. The summed E-state index contributed by atoms with van der Waals surface area (Å²) in [4.78, 5) is 12.4. The highest BCUT2D eigenvalue weighted by molar-refractivity contribution is 7.99. The molecule has 152 valence electrons. The number of hydrogen-bond donors (Lipinski definition) is 0. The van der Waals surface area contributed by atoms with Gasteiger partial charge in [-0.05, 0) is 63.1 Å². The summed E-state index contributed by atoms with van der Waals surface area (Å²) in [7, 11) is 0. The summed E-state index contributed by atoms with van der Waals surface area (Å²) >= 11 is 1.32. The Balaban J connectivity index is 1.71. The molecule has 0 amide bonds. The lowest BCUT2D eigenvalue weighted by Crippen LogP contribution is -2.12. The van der Waals surface area contributed by atoms with Crippen molar-refractivity contribution in [1.29, 1.82) is 0 Å². The van der Waals surface area contributed by atoms with Crippen molar-refractivity contribution in [3.05, 3.63) is 70.8 Å². The number of Topliss-reactive ketones (excluding diaryl/α,β-unsaturated/α-hetero) is 1. The summed E-state index contributed by atoms with van der Waals surface area (Å²) in [5, 5.41) is 9.20. The second-order valence-corrected chi connectivity index (χ2v) is 8.03. The zero-order valence-electron chi connectivity index (χ0n) is 17.0. The van der Waals surface area contributed by atoms with E-state index in [2.05, 4.69) is 10.2 Å². The standard InChI is InChI=1S/C22H24FN3O2S/c1-14(2)26-20(12-28-21-15(3)6-5-7-16(21)4)24-25-22(26)29-13-19(27)17-8-10-18(23)11-9-17/h5-11,14H,12-13H2,1-4H3. The number of carbonyl (C=O) groups is 1. The van der Waals surface area contributed by atoms with E-state index in [0.717, 1.165) is 16.9 Å². The molecule has 29 heavy (non-hydrogen) atoms. The molecule has 0 atom stereocenters. The first kappa shape index (κ1) is 21.0. The molecule has 1 aromatic heterocycles. The number of thioether (sulfide) groups is 1. The number of aryl methyl sites for hydroxylation is 2. The summed E-state index contributed by atoms with van der Waals surface area (Å²) in [6.45, 7) is 8.40. The van der Waals surface area contributed by atoms with Gasteiger partial charge in [-0.1, -0.05) is 30.0 Å². The van der Waals surface area contributed by atoms with Crippen LogP contribution in [-0.4, -0.2) is 26.3 Å². The van der Waals surface area contributed by atoms with Crippen molar-refractivity contribution in [3.8, 4) is 5.75 Å². The van der Waals surface area contributed by atoms with Crippen LogP contribution in [0.3, 0.4) is 0 Å². The number of carbonyl (C=O) groups excluding carboxylic acids is 1. The van der Waals surface area contributed by atoms with Crippen LogP contribution in [0.4, 0.5) is 4.39 Å². The number of benzene rings is 2. The van der Waals surface area contributed by atoms with E-state index in [1.165, 1.54) is 36.0 Å². The van der Waals surface area contributed by atoms with E-state index in [-0.39, 0.29) is 23.4 Å². The fourth-order valence-corrected chi connectivity index (χ4v) is 4.02. The van der Waals surface area contributed by atoms with Gasteiger partial charge >= 0.3 is 0 Å². The molecule has 0 unspecified atom stereocenters. The number of ketones is 1. The van der Waals surface area contributed by atoms with E-state index in [4.69, 9.17) is 4.74 Å². The molecule has 3 rings (SSSR count). The summed E-state index contributed by atoms with van der Waals surface area (Å²) < 4.78 is 21.1. The van der Waals surface area contributed by atoms with Crippen molar-refractivity contribution in [1.82, 2.24) is 14.8 Å². The van der Waals surface area contributed by atoms with Crippen LogP contribution in [0.25, 0.3) is 0 Å². The van der Waals surface area contributed by atoms with Crippen molar-refractivity contribution in [2.45, 2.75) is 45.5 Å². The lowest BCUT2D eigenvalue weighted by atomic mass is 10.1. The lowest BCUT2D eigenvalue weighted by molar-refractivity contribution is 0.102. The minimum atomic E-state index is -0.359. The van der Waals surface area contributed by atoms with E-state index in [1.54, 1.807) is 0 Å². The molecule has 0 bridgehead atoms. The smallest absolute Gasteiger partial charge is 0.192 e. The molecule has 0 N–H and O–H groups in total. The topological polar surface area (TPSA) is 57.0 Å². The molecule has 2 aromatic carbocycles. The zero-order valence-corrected chi connectivity index (χ0v) is 17.8. The molecule has 0 spiro atoms. The molecule has 0 saturated heterocycles. The maximum atomic E-state index is 13.0.